The zero-order valence-corrected chi connectivity index (χ0v) is 12.7. The quantitative estimate of drug-likeness (QED) is 0.794. The van der Waals surface area contributed by atoms with E-state index < -0.39 is 0 Å². The number of benzene rings is 1. The van der Waals surface area contributed by atoms with Gasteiger partial charge in [0.25, 0.3) is 0 Å². The molecule has 1 nitrogen and oxygen atoms in total. The van der Waals surface area contributed by atoms with E-state index in [1.54, 1.807) is 0 Å². The summed E-state index contributed by atoms with van der Waals surface area (Å²) in [7, 11) is 0. The lowest BCUT2D eigenvalue weighted by atomic mass is 9.97. The standard InChI is InChI=1S/C17H29N/c1-6-8-15-9-7-10-16(12-15)11-14(2)13-18-17(3,4)5/h7,9-10,12,14,18H,6,8,11,13H2,1-5H3. The molecule has 0 aromatic heterocycles. The van der Waals surface area contributed by atoms with Crippen molar-refractivity contribution in [2.45, 2.75) is 59.4 Å². The Balaban J connectivity index is 2.48. The van der Waals surface area contributed by atoms with Gasteiger partial charge in [-0.15, -0.1) is 0 Å². The summed E-state index contributed by atoms with van der Waals surface area (Å²) in [4.78, 5) is 0. The molecule has 0 saturated carbocycles. The molecule has 1 rings (SSSR count). The zero-order valence-electron chi connectivity index (χ0n) is 12.7. The van der Waals surface area contributed by atoms with Crippen LogP contribution in [0.4, 0.5) is 0 Å². The van der Waals surface area contributed by atoms with Gasteiger partial charge in [0, 0.05) is 5.54 Å². The van der Waals surface area contributed by atoms with Crippen molar-refractivity contribution < 1.29 is 0 Å². The number of aryl methyl sites for hydroxylation is 1. The summed E-state index contributed by atoms with van der Waals surface area (Å²) in [6.07, 6.45) is 3.59. The van der Waals surface area contributed by atoms with Gasteiger partial charge in [-0.3, -0.25) is 0 Å². The number of hydrogen-bond donors (Lipinski definition) is 1. The maximum atomic E-state index is 3.58. The van der Waals surface area contributed by atoms with Crippen molar-refractivity contribution in [3.8, 4) is 0 Å². The maximum Gasteiger partial charge on any atom is 0.00966 e. The Hall–Kier alpha value is -0.820. The third-order valence-corrected chi connectivity index (χ3v) is 3.10. The minimum absolute atomic E-state index is 0.221. The van der Waals surface area contributed by atoms with E-state index in [9.17, 15) is 0 Å². The van der Waals surface area contributed by atoms with Crippen LogP contribution in [0.3, 0.4) is 0 Å². The van der Waals surface area contributed by atoms with E-state index in [0.717, 1.165) is 6.54 Å². The Kier molecular flexibility index (Phi) is 5.87. The van der Waals surface area contributed by atoms with Crippen molar-refractivity contribution in [1.29, 1.82) is 0 Å². The summed E-state index contributed by atoms with van der Waals surface area (Å²) in [5, 5.41) is 3.58. The van der Waals surface area contributed by atoms with Gasteiger partial charge in [0.15, 0.2) is 0 Å². The monoisotopic (exact) mass is 247 g/mol. The lowest BCUT2D eigenvalue weighted by molar-refractivity contribution is 0.381. The van der Waals surface area contributed by atoms with Crippen LogP contribution in [0.15, 0.2) is 24.3 Å². The van der Waals surface area contributed by atoms with Crippen LogP contribution in [-0.4, -0.2) is 12.1 Å². The smallest absolute Gasteiger partial charge is 0.00966 e. The lowest BCUT2D eigenvalue weighted by Gasteiger charge is -2.23. The van der Waals surface area contributed by atoms with Crippen molar-refractivity contribution in [1.82, 2.24) is 5.32 Å². The van der Waals surface area contributed by atoms with Crippen LogP contribution in [0.2, 0.25) is 0 Å². The van der Waals surface area contributed by atoms with Crippen LogP contribution in [0.25, 0.3) is 0 Å². The lowest BCUT2D eigenvalue weighted by Crippen LogP contribution is -2.39. The van der Waals surface area contributed by atoms with Crippen LogP contribution >= 0.6 is 0 Å². The van der Waals surface area contributed by atoms with Crippen LogP contribution in [0.1, 0.15) is 52.2 Å². The highest BCUT2D eigenvalue weighted by Gasteiger charge is 2.11. The number of nitrogens with one attached hydrogen (secondary N) is 1. The topological polar surface area (TPSA) is 12.0 Å². The Morgan fingerprint density at radius 1 is 1.17 bits per heavy atom. The highest BCUT2D eigenvalue weighted by Crippen LogP contribution is 2.13. The van der Waals surface area contributed by atoms with E-state index in [1.807, 2.05) is 0 Å². The zero-order chi connectivity index (χ0) is 13.6. The van der Waals surface area contributed by atoms with Crippen molar-refractivity contribution in [3.63, 3.8) is 0 Å². The molecule has 18 heavy (non-hydrogen) atoms. The molecule has 1 atom stereocenters. The fraction of sp³-hybridized carbons (Fsp3) is 0.647. The normalized spacial score (nSPS) is 13.6. The summed E-state index contributed by atoms with van der Waals surface area (Å²) in [5.41, 5.74) is 3.17. The molecular weight excluding hydrogens is 218 g/mol. The molecule has 1 unspecified atom stereocenters. The Morgan fingerprint density at radius 2 is 1.83 bits per heavy atom. The molecule has 0 aliphatic carbocycles. The van der Waals surface area contributed by atoms with E-state index in [-0.39, 0.29) is 5.54 Å². The van der Waals surface area contributed by atoms with Crippen molar-refractivity contribution in [3.05, 3.63) is 35.4 Å². The van der Waals surface area contributed by atoms with Crippen LogP contribution < -0.4 is 5.32 Å². The second kappa shape index (κ2) is 6.94. The van der Waals surface area contributed by atoms with E-state index in [4.69, 9.17) is 0 Å². The van der Waals surface area contributed by atoms with Gasteiger partial charge in [0.05, 0.1) is 0 Å². The van der Waals surface area contributed by atoms with E-state index in [2.05, 4.69) is 64.2 Å². The van der Waals surface area contributed by atoms with Gasteiger partial charge < -0.3 is 5.32 Å². The predicted molar refractivity (Wildman–Crippen MR) is 81.1 cm³/mol. The molecule has 0 heterocycles. The first-order valence-electron chi connectivity index (χ1n) is 7.23. The molecule has 0 radical (unpaired) electrons. The highest BCUT2D eigenvalue weighted by atomic mass is 14.9. The summed E-state index contributed by atoms with van der Waals surface area (Å²) < 4.78 is 0. The van der Waals surface area contributed by atoms with Crippen LogP contribution in [0, 0.1) is 5.92 Å². The Bertz CT molecular complexity index is 349. The molecule has 1 aromatic carbocycles. The van der Waals surface area contributed by atoms with E-state index >= 15 is 0 Å². The summed E-state index contributed by atoms with van der Waals surface area (Å²) in [6.45, 7) is 12.3. The first-order valence-corrected chi connectivity index (χ1v) is 7.23. The third-order valence-electron chi connectivity index (χ3n) is 3.10. The summed E-state index contributed by atoms with van der Waals surface area (Å²) in [6, 6.07) is 9.07. The molecule has 0 bridgehead atoms. The summed E-state index contributed by atoms with van der Waals surface area (Å²) >= 11 is 0. The fourth-order valence-electron chi connectivity index (χ4n) is 2.16. The number of rotatable bonds is 6. The van der Waals surface area contributed by atoms with Crippen LogP contribution in [0.5, 0.6) is 0 Å². The van der Waals surface area contributed by atoms with Crippen LogP contribution in [-0.2, 0) is 12.8 Å². The van der Waals surface area contributed by atoms with Crippen molar-refractivity contribution in [2.24, 2.45) is 5.92 Å². The molecule has 1 N–H and O–H groups in total. The van der Waals surface area contributed by atoms with Crippen molar-refractivity contribution >= 4 is 0 Å². The highest BCUT2D eigenvalue weighted by molar-refractivity contribution is 5.24. The average molecular weight is 247 g/mol. The van der Waals surface area contributed by atoms with E-state index in [0.29, 0.717) is 5.92 Å². The molecule has 0 aliphatic heterocycles. The van der Waals surface area contributed by atoms with Gasteiger partial charge in [0.2, 0.25) is 0 Å². The van der Waals surface area contributed by atoms with E-state index in [1.165, 1.54) is 30.4 Å². The third kappa shape index (κ3) is 6.20. The SMILES string of the molecule is CCCc1cccc(CC(C)CNC(C)(C)C)c1. The molecule has 0 amide bonds. The second-order valence-corrected chi connectivity index (χ2v) is 6.51. The molecule has 1 aromatic rings. The van der Waals surface area contributed by atoms with Gasteiger partial charge in [-0.25, -0.2) is 0 Å². The summed E-state index contributed by atoms with van der Waals surface area (Å²) in [5.74, 6) is 0.682. The van der Waals surface area contributed by atoms with Gasteiger partial charge in [0.1, 0.15) is 0 Å². The molecule has 0 aliphatic rings. The molecular formula is C17H29N. The Labute approximate surface area is 113 Å². The van der Waals surface area contributed by atoms with Gasteiger partial charge >= 0.3 is 0 Å². The van der Waals surface area contributed by atoms with Gasteiger partial charge in [-0.1, -0.05) is 44.5 Å². The average Bonchev–Trinajstić information content (AvgIpc) is 2.26. The first-order chi connectivity index (χ1) is 8.40. The minimum atomic E-state index is 0.221. The molecule has 0 saturated heterocycles. The second-order valence-electron chi connectivity index (χ2n) is 6.51. The first kappa shape index (κ1) is 15.2. The predicted octanol–water partition coefficient (Wildman–Crippen LogP) is 4.21. The maximum absolute atomic E-state index is 3.58. The van der Waals surface area contributed by atoms with Crippen molar-refractivity contribution in [2.75, 3.05) is 6.54 Å². The molecule has 102 valence electrons. The minimum Gasteiger partial charge on any atom is -0.312 e. The fourth-order valence-corrected chi connectivity index (χ4v) is 2.16. The molecule has 1 heteroatoms. The largest absolute Gasteiger partial charge is 0.312 e. The van der Waals surface area contributed by atoms with Gasteiger partial charge in [-0.05, 0) is 57.2 Å². The molecule has 0 spiro atoms. The molecule has 0 fully saturated rings. The Morgan fingerprint density at radius 3 is 2.44 bits per heavy atom. The van der Waals surface area contributed by atoms with Gasteiger partial charge in [-0.2, -0.15) is 0 Å². The number of hydrogen-bond acceptors (Lipinski definition) is 1.